The average Bonchev–Trinajstić information content (AvgIpc) is 2.59. The summed E-state index contributed by atoms with van der Waals surface area (Å²) >= 11 is 0. The highest BCUT2D eigenvalue weighted by atomic mass is 16.5. The molecule has 0 aliphatic carbocycles. The Hall–Kier alpha value is -2.44. The molecule has 7 nitrogen and oxygen atoms in total. The summed E-state index contributed by atoms with van der Waals surface area (Å²) < 4.78 is 10.8. The number of carbonyl (C=O) groups excluding carboxylic acids is 1. The number of anilines is 1. The van der Waals surface area contributed by atoms with E-state index < -0.39 is 0 Å². The first-order valence-corrected chi connectivity index (χ1v) is 8.27. The molecule has 7 heteroatoms. The van der Waals surface area contributed by atoms with Gasteiger partial charge in [0, 0.05) is 24.8 Å². The lowest BCUT2D eigenvalue weighted by molar-refractivity contribution is -0.119. The van der Waals surface area contributed by atoms with Crippen LogP contribution < -0.4 is 25.4 Å². The van der Waals surface area contributed by atoms with E-state index in [4.69, 9.17) is 9.47 Å². The van der Waals surface area contributed by atoms with E-state index >= 15 is 0 Å². The normalized spacial score (nSPS) is 10.9. The molecular weight excluding hydrogens is 308 g/mol. The third-order valence-electron chi connectivity index (χ3n) is 3.02. The molecule has 0 unspecified atom stereocenters. The van der Waals surface area contributed by atoms with Crippen LogP contribution in [0.5, 0.6) is 11.5 Å². The lowest BCUT2D eigenvalue weighted by Crippen LogP contribution is -2.33. The van der Waals surface area contributed by atoms with Crippen LogP contribution in [-0.4, -0.2) is 45.2 Å². The van der Waals surface area contributed by atoms with Gasteiger partial charge in [-0.15, -0.1) is 0 Å². The van der Waals surface area contributed by atoms with E-state index in [9.17, 15) is 4.79 Å². The molecule has 0 atom stereocenters. The quantitative estimate of drug-likeness (QED) is 0.474. The lowest BCUT2D eigenvalue weighted by Gasteiger charge is -2.14. The van der Waals surface area contributed by atoms with Crippen molar-refractivity contribution in [2.24, 2.45) is 4.99 Å². The maximum absolute atomic E-state index is 11.7. The van der Waals surface area contributed by atoms with Gasteiger partial charge in [0.2, 0.25) is 5.91 Å². The van der Waals surface area contributed by atoms with Gasteiger partial charge in [-0.2, -0.15) is 0 Å². The minimum atomic E-state index is -0.0988. The Morgan fingerprint density at radius 2 is 1.96 bits per heavy atom. The topological polar surface area (TPSA) is 84.0 Å². The Labute approximate surface area is 143 Å². The Morgan fingerprint density at radius 3 is 2.58 bits per heavy atom. The number of nitrogens with zero attached hydrogens (tertiary/aromatic N) is 1. The molecule has 0 fully saturated rings. The van der Waals surface area contributed by atoms with Gasteiger partial charge in [0.25, 0.3) is 0 Å². The van der Waals surface area contributed by atoms with Gasteiger partial charge in [-0.1, -0.05) is 6.92 Å². The van der Waals surface area contributed by atoms with E-state index in [-0.39, 0.29) is 12.5 Å². The summed E-state index contributed by atoms with van der Waals surface area (Å²) in [5.41, 5.74) is 0.795. The molecular formula is C17H28N4O3. The molecule has 0 radical (unpaired) electrons. The van der Waals surface area contributed by atoms with Gasteiger partial charge in [0.15, 0.2) is 17.5 Å². The smallest absolute Gasteiger partial charge is 0.241 e. The highest BCUT2D eigenvalue weighted by Crippen LogP contribution is 2.30. The van der Waals surface area contributed by atoms with Crippen LogP contribution in [0.1, 0.15) is 27.2 Å². The Kier molecular flexibility index (Phi) is 9.11. The number of amides is 1. The molecule has 24 heavy (non-hydrogen) atoms. The van der Waals surface area contributed by atoms with Crippen molar-refractivity contribution < 1.29 is 14.3 Å². The maximum Gasteiger partial charge on any atom is 0.241 e. The fourth-order valence-corrected chi connectivity index (χ4v) is 1.94. The van der Waals surface area contributed by atoms with Crippen LogP contribution in [0.4, 0.5) is 5.69 Å². The second kappa shape index (κ2) is 11.2. The minimum Gasteiger partial charge on any atom is -0.493 e. The van der Waals surface area contributed by atoms with Crippen molar-refractivity contribution >= 4 is 17.6 Å². The number of hydrogen-bond donors (Lipinski definition) is 3. The lowest BCUT2D eigenvalue weighted by atomic mass is 10.2. The molecule has 1 aromatic carbocycles. The summed E-state index contributed by atoms with van der Waals surface area (Å²) in [5, 5.41) is 9.06. The molecule has 0 aliphatic rings. The van der Waals surface area contributed by atoms with Crippen LogP contribution in [0.3, 0.4) is 0 Å². The van der Waals surface area contributed by atoms with Gasteiger partial charge in [0.05, 0.1) is 13.7 Å². The summed E-state index contributed by atoms with van der Waals surface area (Å²) in [7, 11) is 1.60. The van der Waals surface area contributed by atoms with Crippen molar-refractivity contribution in [3.8, 4) is 11.5 Å². The van der Waals surface area contributed by atoms with Gasteiger partial charge in [-0.05, 0) is 32.4 Å². The molecule has 0 aliphatic heterocycles. The Bertz CT molecular complexity index is 547. The third kappa shape index (κ3) is 6.76. The molecule has 134 valence electrons. The van der Waals surface area contributed by atoms with Crippen LogP contribution in [0.15, 0.2) is 23.2 Å². The zero-order valence-electron chi connectivity index (χ0n) is 14.9. The molecule has 0 saturated heterocycles. The van der Waals surface area contributed by atoms with E-state index in [0.717, 1.165) is 12.1 Å². The zero-order chi connectivity index (χ0) is 17.8. The van der Waals surface area contributed by atoms with Crippen LogP contribution >= 0.6 is 0 Å². The number of methoxy groups -OCH3 is 1. The van der Waals surface area contributed by atoms with Gasteiger partial charge in [-0.3, -0.25) is 4.79 Å². The number of ether oxygens (including phenoxy) is 2. The average molecular weight is 336 g/mol. The summed E-state index contributed by atoms with van der Waals surface area (Å²) in [6.45, 7) is 7.89. The Balaban J connectivity index is 2.78. The highest BCUT2D eigenvalue weighted by Gasteiger charge is 2.07. The van der Waals surface area contributed by atoms with Gasteiger partial charge in [-0.25, -0.2) is 4.99 Å². The number of rotatable bonds is 9. The largest absolute Gasteiger partial charge is 0.493 e. The second-order valence-electron chi connectivity index (χ2n) is 4.97. The van der Waals surface area contributed by atoms with E-state index in [1.165, 1.54) is 0 Å². The molecule has 1 aromatic rings. The number of nitrogens with one attached hydrogen (secondary N) is 3. The molecule has 0 bridgehead atoms. The first-order valence-electron chi connectivity index (χ1n) is 8.27. The standard InChI is InChI=1S/C17H28N4O3/c1-5-10-19-16(22)12-20-17(18-6-2)21-13-8-9-14(24-7-3)15(11-13)23-4/h8-9,11H,5-7,10,12H2,1-4H3,(H,19,22)(H2,18,20,21). The van der Waals surface area contributed by atoms with Crippen molar-refractivity contribution in [3.63, 3.8) is 0 Å². The second-order valence-corrected chi connectivity index (χ2v) is 4.97. The fraction of sp³-hybridized carbons (Fsp3) is 0.529. The number of benzene rings is 1. The zero-order valence-corrected chi connectivity index (χ0v) is 14.9. The maximum atomic E-state index is 11.7. The first-order chi connectivity index (χ1) is 11.6. The first kappa shape index (κ1) is 19.6. The van der Waals surface area contributed by atoms with Crippen molar-refractivity contribution in [2.45, 2.75) is 27.2 Å². The number of carbonyl (C=O) groups is 1. The fourth-order valence-electron chi connectivity index (χ4n) is 1.94. The summed E-state index contributed by atoms with van der Waals surface area (Å²) in [4.78, 5) is 16.0. The Morgan fingerprint density at radius 1 is 1.17 bits per heavy atom. The van der Waals surface area contributed by atoms with Crippen molar-refractivity contribution in [1.29, 1.82) is 0 Å². The molecule has 1 amide bonds. The predicted octanol–water partition coefficient (Wildman–Crippen LogP) is 2.00. The van der Waals surface area contributed by atoms with Crippen molar-refractivity contribution in [3.05, 3.63) is 18.2 Å². The SMILES string of the molecule is CCCNC(=O)CN=C(NCC)Nc1ccc(OCC)c(OC)c1. The molecule has 0 spiro atoms. The molecule has 3 N–H and O–H groups in total. The van der Waals surface area contributed by atoms with Gasteiger partial charge >= 0.3 is 0 Å². The van der Waals surface area contributed by atoms with Crippen LogP contribution in [0.25, 0.3) is 0 Å². The van der Waals surface area contributed by atoms with Gasteiger partial charge in [0.1, 0.15) is 6.54 Å². The number of aliphatic imine (C=N–C) groups is 1. The van der Waals surface area contributed by atoms with Crippen molar-refractivity contribution in [2.75, 3.05) is 38.7 Å². The van der Waals surface area contributed by atoms with Crippen molar-refractivity contribution in [1.82, 2.24) is 10.6 Å². The van der Waals surface area contributed by atoms with E-state index in [1.807, 2.05) is 39.0 Å². The minimum absolute atomic E-state index is 0.0729. The molecule has 1 rings (SSSR count). The molecule has 0 saturated carbocycles. The highest BCUT2D eigenvalue weighted by molar-refractivity contribution is 5.95. The van der Waals surface area contributed by atoms with Crippen LogP contribution in [0.2, 0.25) is 0 Å². The summed E-state index contributed by atoms with van der Waals surface area (Å²) in [5.74, 6) is 1.76. The van der Waals surface area contributed by atoms with Crippen LogP contribution in [0, 0.1) is 0 Å². The molecule has 0 heterocycles. The third-order valence-corrected chi connectivity index (χ3v) is 3.02. The van der Waals surface area contributed by atoms with Crippen LogP contribution in [-0.2, 0) is 4.79 Å². The van der Waals surface area contributed by atoms with E-state index in [0.29, 0.717) is 37.2 Å². The van der Waals surface area contributed by atoms with E-state index in [2.05, 4.69) is 20.9 Å². The summed E-state index contributed by atoms with van der Waals surface area (Å²) in [6, 6.07) is 5.54. The number of hydrogen-bond acceptors (Lipinski definition) is 4. The monoisotopic (exact) mass is 336 g/mol. The number of guanidine groups is 1. The molecule has 0 aromatic heterocycles. The van der Waals surface area contributed by atoms with E-state index in [1.54, 1.807) is 7.11 Å². The van der Waals surface area contributed by atoms with Gasteiger partial charge < -0.3 is 25.4 Å². The predicted molar refractivity (Wildman–Crippen MR) is 97.1 cm³/mol. The summed E-state index contributed by atoms with van der Waals surface area (Å²) in [6.07, 6.45) is 0.903.